The Bertz CT molecular complexity index is 1460. The van der Waals surface area contributed by atoms with Crippen LogP contribution < -0.4 is 10.6 Å². The van der Waals surface area contributed by atoms with Crippen molar-refractivity contribution >= 4 is 47.0 Å². The Morgan fingerprint density at radius 2 is 1.30 bits per heavy atom. The van der Waals surface area contributed by atoms with Crippen molar-refractivity contribution in [1.82, 2.24) is 5.32 Å². The lowest BCUT2D eigenvalue weighted by Gasteiger charge is -2.12. The molecule has 0 unspecified atom stereocenters. The first-order chi connectivity index (χ1) is 18.0. The Hall–Kier alpha value is -4.74. The van der Waals surface area contributed by atoms with Crippen molar-refractivity contribution in [2.45, 2.75) is 0 Å². The Balaban J connectivity index is 1.50. The van der Waals surface area contributed by atoms with Gasteiger partial charge in [0.2, 0.25) is 0 Å². The van der Waals surface area contributed by atoms with Crippen LogP contribution >= 0.6 is 11.6 Å². The second-order valence-corrected chi connectivity index (χ2v) is 8.45. The van der Waals surface area contributed by atoms with Crippen molar-refractivity contribution in [3.63, 3.8) is 0 Å². The summed E-state index contributed by atoms with van der Waals surface area (Å²) < 4.78 is 0. The molecular weight excluding hydrogens is 484 g/mol. The highest BCUT2D eigenvalue weighted by molar-refractivity contribution is 6.32. The van der Waals surface area contributed by atoms with E-state index in [1.165, 1.54) is 12.2 Å². The highest BCUT2D eigenvalue weighted by Gasteiger charge is 2.16. The maximum atomic E-state index is 13.2. The monoisotopic (exact) mass is 506 g/mol. The lowest BCUT2D eigenvalue weighted by molar-refractivity contribution is -0.113. The highest BCUT2D eigenvalue weighted by Crippen LogP contribution is 2.19. The molecule has 0 atom stereocenters. The molecule has 0 radical (unpaired) electrons. The number of halogens is 1. The van der Waals surface area contributed by atoms with E-state index in [1.54, 1.807) is 84.9 Å². The summed E-state index contributed by atoms with van der Waals surface area (Å²) in [7, 11) is 0. The smallest absolute Gasteiger partial charge is 0.272 e. The molecule has 0 fully saturated rings. The van der Waals surface area contributed by atoms with E-state index < -0.39 is 11.8 Å². The molecule has 0 heterocycles. The molecular formula is C31H23ClN2O3. The number of nitrogens with one attached hydrogen (secondary N) is 2. The quantitative estimate of drug-likeness (QED) is 0.207. The lowest BCUT2D eigenvalue weighted by atomic mass is 10.1. The average Bonchev–Trinajstić information content (AvgIpc) is 2.94. The molecule has 0 aliphatic heterocycles. The average molecular weight is 507 g/mol. The summed E-state index contributed by atoms with van der Waals surface area (Å²) in [5.74, 6) is -1.12. The van der Waals surface area contributed by atoms with Gasteiger partial charge in [-0.05, 0) is 65.7 Å². The van der Waals surface area contributed by atoms with E-state index >= 15 is 0 Å². The first-order valence-electron chi connectivity index (χ1n) is 11.5. The van der Waals surface area contributed by atoms with E-state index in [0.717, 1.165) is 5.56 Å². The number of carbonyl (C=O) groups is 3. The molecule has 4 aromatic rings. The van der Waals surface area contributed by atoms with Crippen LogP contribution in [0.1, 0.15) is 31.8 Å². The third-order valence-corrected chi connectivity index (χ3v) is 5.73. The van der Waals surface area contributed by atoms with Crippen LogP contribution in [0.15, 0.2) is 121 Å². The van der Waals surface area contributed by atoms with Gasteiger partial charge in [-0.25, -0.2) is 0 Å². The van der Waals surface area contributed by atoms with Crippen LogP contribution in [0.4, 0.5) is 5.69 Å². The van der Waals surface area contributed by atoms with Gasteiger partial charge in [-0.15, -0.1) is 0 Å². The predicted molar refractivity (Wildman–Crippen MR) is 148 cm³/mol. The first kappa shape index (κ1) is 25.4. The summed E-state index contributed by atoms with van der Waals surface area (Å²) in [6, 6.07) is 31.7. The van der Waals surface area contributed by atoms with Crippen molar-refractivity contribution in [3.8, 4) is 0 Å². The maximum absolute atomic E-state index is 13.2. The maximum Gasteiger partial charge on any atom is 0.272 e. The van der Waals surface area contributed by atoms with E-state index in [2.05, 4.69) is 10.6 Å². The van der Waals surface area contributed by atoms with Crippen LogP contribution in [0, 0.1) is 0 Å². The van der Waals surface area contributed by atoms with E-state index in [1.807, 2.05) is 30.3 Å². The lowest BCUT2D eigenvalue weighted by Crippen LogP contribution is -2.30. The van der Waals surface area contributed by atoms with Gasteiger partial charge in [-0.3, -0.25) is 14.4 Å². The van der Waals surface area contributed by atoms with Gasteiger partial charge in [0.15, 0.2) is 5.78 Å². The zero-order chi connectivity index (χ0) is 26.0. The van der Waals surface area contributed by atoms with Crippen molar-refractivity contribution in [3.05, 3.63) is 148 Å². The van der Waals surface area contributed by atoms with Gasteiger partial charge in [-0.1, -0.05) is 84.4 Å². The number of amides is 2. The molecule has 4 rings (SSSR count). The molecule has 37 heavy (non-hydrogen) atoms. The molecule has 0 saturated carbocycles. The SMILES string of the molecule is O=C(Nc1ccc(C(=O)/C=C/c2ccccc2)cc1)/C(=C/c1ccccc1Cl)NC(=O)c1ccccc1. The summed E-state index contributed by atoms with van der Waals surface area (Å²) in [5, 5.41) is 5.89. The second kappa shape index (κ2) is 12.3. The summed E-state index contributed by atoms with van der Waals surface area (Å²) in [5.41, 5.74) is 2.88. The number of ketones is 1. The summed E-state index contributed by atoms with van der Waals surface area (Å²) in [4.78, 5) is 38.4. The van der Waals surface area contributed by atoms with E-state index in [-0.39, 0.29) is 11.5 Å². The predicted octanol–water partition coefficient (Wildman–Crippen LogP) is 6.65. The molecule has 2 amide bonds. The standard InChI is InChI=1S/C31H23ClN2O3/c32-27-14-8-7-13-25(27)21-28(34-30(36)24-11-5-2-6-12-24)31(37)33-26-18-16-23(17-19-26)29(35)20-15-22-9-3-1-4-10-22/h1-21H,(H,33,37)(H,34,36)/b20-15+,28-21-. The van der Waals surface area contributed by atoms with Crippen LogP contribution in [-0.4, -0.2) is 17.6 Å². The summed E-state index contributed by atoms with van der Waals surface area (Å²) >= 11 is 6.27. The molecule has 4 aromatic carbocycles. The largest absolute Gasteiger partial charge is 0.321 e. The number of hydrogen-bond acceptors (Lipinski definition) is 3. The normalized spacial score (nSPS) is 11.2. The number of hydrogen-bond donors (Lipinski definition) is 2. The molecule has 0 aliphatic carbocycles. The fraction of sp³-hybridized carbons (Fsp3) is 0. The van der Waals surface area contributed by atoms with Crippen LogP contribution in [0.5, 0.6) is 0 Å². The van der Waals surface area contributed by atoms with Gasteiger partial charge in [0.05, 0.1) is 0 Å². The van der Waals surface area contributed by atoms with Crippen molar-refractivity contribution < 1.29 is 14.4 Å². The molecule has 0 bridgehead atoms. The van der Waals surface area contributed by atoms with Crippen molar-refractivity contribution in [2.24, 2.45) is 0 Å². The zero-order valence-corrected chi connectivity index (χ0v) is 20.5. The molecule has 182 valence electrons. The minimum atomic E-state index is -0.535. The van der Waals surface area contributed by atoms with E-state index in [0.29, 0.717) is 27.4 Å². The number of rotatable bonds is 8. The third-order valence-electron chi connectivity index (χ3n) is 5.39. The molecule has 0 spiro atoms. The van der Waals surface area contributed by atoms with Crippen LogP contribution in [0.2, 0.25) is 5.02 Å². The Kier molecular flexibility index (Phi) is 8.42. The molecule has 5 nitrogen and oxygen atoms in total. The Morgan fingerprint density at radius 3 is 1.97 bits per heavy atom. The fourth-order valence-corrected chi connectivity index (χ4v) is 3.63. The van der Waals surface area contributed by atoms with Gasteiger partial charge in [0.1, 0.15) is 5.70 Å². The molecule has 0 aromatic heterocycles. The Labute approximate surface area is 220 Å². The summed E-state index contributed by atoms with van der Waals surface area (Å²) in [6.45, 7) is 0. The Morgan fingerprint density at radius 1 is 0.676 bits per heavy atom. The molecule has 6 heteroatoms. The van der Waals surface area contributed by atoms with Crippen molar-refractivity contribution in [1.29, 1.82) is 0 Å². The second-order valence-electron chi connectivity index (χ2n) is 8.04. The van der Waals surface area contributed by atoms with Gasteiger partial charge in [0.25, 0.3) is 11.8 Å². The number of allylic oxidation sites excluding steroid dienone is 1. The van der Waals surface area contributed by atoms with Gasteiger partial charge >= 0.3 is 0 Å². The highest BCUT2D eigenvalue weighted by atomic mass is 35.5. The van der Waals surface area contributed by atoms with Gasteiger partial charge in [0, 0.05) is 21.8 Å². The minimum Gasteiger partial charge on any atom is -0.321 e. The van der Waals surface area contributed by atoms with E-state index in [9.17, 15) is 14.4 Å². The van der Waals surface area contributed by atoms with Crippen LogP contribution in [-0.2, 0) is 4.79 Å². The van der Waals surface area contributed by atoms with E-state index in [4.69, 9.17) is 11.6 Å². The van der Waals surface area contributed by atoms with Crippen LogP contribution in [0.3, 0.4) is 0 Å². The number of anilines is 1. The van der Waals surface area contributed by atoms with Crippen molar-refractivity contribution in [2.75, 3.05) is 5.32 Å². The number of carbonyl (C=O) groups excluding carboxylic acids is 3. The van der Waals surface area contributed by atoms with Gasteiger partial charge in [-0.2, -0.15) is 0 Å². The third kappa shape index (κ3) is 7.13. The summed E-state index contributed by atoms with van der Waals surface area (Å²) in [6.07, 6.45) is 4.77. The molecule has 0 aliphatic rings. The minimum absolute atomic E-state index is 0.0212. The molecule has 0 saturated heterocycles. The zero-order valence-electron chi connectivity index (χ0n) is 19.7. The first-order valence-corrected chi connectivity index (χ1v) is 11.9. The molecule has 2 N–H and O–H groups in total. The van der Waals surface area contributed by atoms with Crippen LogP contribution in [0.25, 0.3) is 12.2 Å². The topological polar surface area (TPSA) is 75.3 Å². The fourth-order valence-electron chi connectivity index (χ4n) is 3.44. The number of benzene rings is 4. The van der Waals surface area contributed by atoms with Gasteiger partial charge < -0.3 is 10.6 Å².